The summed E-state index contributed by atoms with van der Waals surface area (Å²) >= 11 is 0. The number of nitrogen functional groups attached to an aromatic ring is 1. The zero-order chi connectivity index (χ0) is 13.1. The van der Waals surface area contributed by atoms with E-state index in [-0.39, 0.29) is 12.0 Å². The Hall–Kier alpha value is -1.56. The fourth-order valence-electron chi connectivity index (χ4n) is 2.21. The molecule has 0 radical (unpaired) electrons. The molecule has 1 fully saturated rings. The van der Waals surface area contributed by atoms with E-state index >= 15 is 0 Å². The van der Waals surface area contributed by atoms with Crippen molar-refractivity contribution in [3.8, 4) is 0 Å². The number of aryl methyl sites for hydroxylation is 1. The number of likely N-dealkylation sites (tertiary alicyclic amines) is 1. The van der Waals surface area contributed by atoms with E-state index in [2.05, 4.69) is 10.2 Å². The van der Waals surface area contributed by atoms with Crippen LogP contribution in [0, 0.1) is 0 Å². The Morgan fingerprint density at radius 2 is 2.22 bits per heavy atom. The number of nitrogens with one attached hydrogen (secondary N) is 1. The zero-order valence-corrected chi connectivity index (χ0v) is 10.6. The standard InChI is InChI=1S/C12H20N4O2/c1-2-3-9-10(13)11(15-14-9)12(18)16-6-4-8(17)5-7-16/h8,17H,2-7,13H2,1H3,(H,14,15). The number of H-pyrrole nitrogens is 1. The number of piperidine rings is 1. The zero-order valence-electron chi connectivity index (χ0n) is 10.6. The summed E-state index contributed by atoms with van der Waals surface area (Å²) in [7, 11) is 0. The molecule has 0 aromatic carbocycles. The lowest BCUT2D eigenvalue weighted by Crippen LogP contribution is -2.40. The lowest BCUT2D eigenvalue weighted by atomic mass is 10.1. The number of anilines is 1. The van der Waals surface area contributed by atoms with Crippen molar-refractivity contribution >= 4 is 11.6 Å². The van der Waals surface area contributed by atoms with Gasteiger partial charge in [-0.05, 0) is 19.3 Å². The number of aromatic nitrogens is 2. The Bertz CT molecular complexity index is 422. The van der Waals surface area contributed by atoms with Crippen LogP contribution in [0.2, 0.25) is 0 Å². The molecular weight excluding hydrogens is 232 g/mol. The van der Waals surface area contributed by atoms with Gasteiger partial charge in [0.1, 0.15) is 0 Å². The van der Waals surface area contributed by atoms with Crippen molar-refractivity contribution in [3.05, 3.63) is 11.4 Å². The van der Waals surface area contributed by atoms with Crippen LogP contribution in [0.5, 0.6) is 0 Å². The molecular formula is C12H20N4O2. The maximum Gasteiger partial charge on any atom is 0.276 e. The van der Waals surface area contributed by atoms with Gasteiger partial charge in [0.15, 0.2) is 5.69 Å². The smallest absolute Gasteiger partial charge is 0.276 e. The van der Waals surface area contributed by atoms with Crippen molar-refractivity contribution in [1.29, 1.82) is 0 Å². The number of nitrogens with two attached hydrogens (primary N) is 1. The van der Waals surface area contributed by atoms with E-state index in [1.807, 2.05) is 6.92 Å². The third-order valence-electron chi connectivity index (χ3n) is 3.34. The quantitative estimate of drug-likeness (QED) is 0.731. The molecule has 1 aliphatic heterocycles. The minimum absolute atomic E-state index is 0.141. The third-order valence-corrected chi connectivity index (χ3v) is 3.34. The Labute approximate surface area is 106 Å². The number of carbonyl (C=O) groups is 1. The Balaban J connectivity index is 2.09. The summed E-state index contributed by atoms with van der Waals surface area (Å²) in [6.45, 7) is 3.18. The Morgan fingerprint density at radius 3 is 2.83 bits per heavy atom. The average molecular weight is 252 g/mol. The monoisotopic (exact) mass is 252 g/mol. The molecule has 0 unspecified atom stereocenters. The first-order valence-electron chi connectivity index (χ1n) is 6.43. The number of nitrogens with zero attached hydrogens (tertiary/aromatic N) is 2. The molecule has 0 atom stereocenters. The molecule has 6 nitrogen and oxygen atoms in total. The fraction of sp³-hybridized carbons (Fsp3) is 0.667. The number of aliphatic hydroxyl groups excluding tert-OH is 1. The third kappa shape index (κ3) is 2.48. The molecule has 6 heteroatoms. The summed E-state index contributed by atoms with van der Waals surface area (Å²) in [6, 6.07) is 0. The molecule has 1 amide bonds. The molecule has 18 heavy (non-hydrogen) atoms. The number of aromatic amines is 1. The molecule has 4 N–H and O–H groups in total. The van der Waals surface area contributed by atoms with E-state index in [0.29, 0.717) is 37.3 Å². The van der Waals surface area contributed by atoms with Crippen LogP contribution in [0.1, 0.15) is 42.4 Å². The van der Waals surface area contributed by atoms with E-state index in [1.54, 1.807) is 4.90 Å². The van der Waals surface area contributed by atoms with Gasteiger partial charge in [-0.2, -0.15) is 5.10 Å². The first-order valence-corrected chi connectivity index (χ1v) is 6.43. The van der Waals surface area contributed by atoms with E-state index in [1.165, 1.54) is 0 Å². The first kappa shape index (κ1) is 12.9. The van der Waals surface area contributed by atoms with Crippen molar-refractivity contribution in [3.63, 3.8) is 0 Å². The molecule has 100 valence electrons. The lowest BCUT2D eigenvalue weighted by Gasteiger charge is -2.29. The highest BCUT2D eigenvalue weighted by atomic mass is 16.3. The van der Waals surface area contributed by atoms with Gasteiger partial charge < -0.3 is 15.7 Å². The van der Waals surface area contributed by atoms with Crippen molar-refractivity contribution in [2.24, 2.45) is 0 Å². The van der Waals surface area contributed by atoms with Crippen LogP contribution in [-0.4, -0.2) is 45.3 Å². The molecule has 1 saturated heterocycles. The predicted molar refractivity (Wildman–Crippen MR) is 68.1 cm³/mol. The molecule has 1 aromatic rings. The minimum Gasteiger partial charge on any atom is -0.395 e. The Morgan fingerprint density at radius 1 is 1.56 bits per heavy atom. The number of hydrogen-bond acceptors (Lipinski definition) is 4. The van der Waals surface area contributed by atoms with Gasteiger partial charge in [-0.25, -0.2) is 0 Å². The molecule has 2 rings (SSSR count). The van der Waals surface area contributed by atoms with Crippen LogP contribution >= 0.6 is 0 Å². The number of amides is 1. The number of aliphatic hydroxyl groups is 1. The maximum atomic E-state index is 12.2. The molecule has 2 heterocycles. The van der Waals surface area contributed by atoms with Crippen molar-refractivity contribution in [1.82, 2.24) is 15.1 Å². The highest BCUT2D eigenvalue weighted by molar-refractivity contribution is 5.97. The maximum absolute atomic E-state index is 12.2. The van der Waals surface area contributed by atoms with Crippen molar-refractivity contribution in [2.45, 2.75) is 38.7 Å². The first-order chi connectivity index (χ1) is 8.63. The van der Waals surface area contributed by atoms with Crippen molar-refractivity contribution < 1.29 is 9.90 Å². The van der Waals surface area contributed by atoms with Gasteiger partial charge in [-0.1, -0.05) is 13.3 Å². The van der Waals surface area contributed by atoms with Crippen LogP contribution in [-0.2, 0) is 6.42 Å². The summed E-state index contributed by atoms with van der Waals surface area (Å²) in [6.07, 6.45) is 2.71. The topological polar surface area (TPSA) is 95.2 Å². The van der Waals surface area contributed by atoms with Crippen LogP contribution in [0.4, 0.5) is 5.69 Å². The van der Waals surface area contributed by atoms with Gasteiger partial charge in [-0.3, -0.25) is 9.89 Å². The van der Waals surface area contributed by atoms with Gasteiger partial charge in [0, 0.05) is 13.1 Å². The summed E-state index contributed by atoms with van der Waals surface area (Å²) in [4.78, 5) is 13.9. The molecule has 0 aliphatic carbocycles. The van der Waals surface area contributed by atoms with E-state index in [0.717, 1.165) is 18.5 Å². The molecule has 0 saturated carbocycles. The highest BCUT2D eigenvalue weighted by Gasteiger charge is 2.26. The summed E-state index contributed by atoms with van der Waals surface area (Å²) in [5.74, 6) is -0.141. The summed E-state index contributed by atoms with van der Waals surface area (Å²) in [5.41, 5.74) is 7.55. The van der Waals surface area contributed by atoms with Gasteiger partial charge in [0.05, 0.1) is 17.5 Å². The van der Waals surface area contributed by atoms with Gasteiger partial charge in [0.2, 0.25) is 0 Å². The highest BCUT2D eigenvalue weighted by Crippen LogP contribution is 2.19. The molecule has 1 aliphatic rings. The number of hydrogen-bond donors (Lipinski definition) is 3. The van der Waals surface area contributed by atoms with Gasteiger partial charge in [0.25, 0.3) is 5.91 Å². The van der Waals surface area contributed by atoms with Crippen LogP contribution in [0.15, 0.2) is 0 Å². The van der Waals surface area contributed by atoms with Gasteiger partial charge >= 0.3 is 0 Å². The minimum atomic E-state index is -0.291. The largest absolute Gasteiger partial charge is 0.395 e. The second-order valence-electron chi connectivity index (χ2n) is 4.74. The van der Waals surface area contributed by atoms with E-state index in [4.69, 9.17) is 5.73 Å². The second-order valence-corrected chi connectivity index (χ2v) is 4.74. The van der Waals surface area contributed by atoms with E-state index < -0.39 is 0 Å². The SMILES string of the molecule is CCCc1[nH]nc(C(=O)N2CCC(O)CC2)c1N. The number of rotatable bonds is 3. The van der Waals surface area contributed by atoms with Crippen molar-refractivity contribution in [2.75, 3.05) is 18.8 Å². The van der Waals surface area contributed by atoms with Crippen LogP contribution < -0.4 is 5.73 Å². The fourth-order valence-corrected chi connectivity index (χ4v) is 2.21. The normalized spacial score (nSPS) is 17.1. The molecule has 1 aromatic heterocycles. The second kappa shape index (κ2) is 5.39. The van der Waals surface area contributed by atoms with Crippen LogP contribution in [0.25, 0.3) is 0 Å². The summed E-state index contributed by atoms with van der Waals surface area (Å²) < 4.78 is 0. The summed E-state index contributed by atoms with van der Waals surface area (Å²) in [5, 5.41) is 16.3. The molecule has 0 bridgehead atoms. The van der Waals surface area contributed by atoms with E-state index in [9.17, 15) is 9.90 Å². The lowest BCUT2D eigenvalue weighted by molar-refractivity contribution is 0.0542. The van der Waals surface area contributed by atoms with Crippen LogP contribution in [0.3, 0.4) is 0 Å². The molecule has 0 spiro atoms. The Kier molecular flexibility index (Phi) is 3.86. The number of carbonyl (C=O) groups excluding carboxylic acids is 1. The predicted octanol–water partition coefficient (Wildman–Crippen LogP) is 0.541. The van der Waals surface area contributed by atoms with Gasteiger partial charge in [-0.15, -0.1) is 0 Å². The average Bonchev–Trinajstić information content (AvgIpc) is 2.72.